The van der Waals surface area contributed by atoms with E-state index < -0.39 is 0 Å². The summed E-state index contributed by atoms with van der Waals surface area (Å²) in [7, 11) is 0. The zero-order valence-corrected chi connectivity index (χ0v) is 5.77. The van der Waals surface area contributed by atoms with Crippen LogP contribution in [0, 0.1) is 11.8 Å². The molecule has 0 N–H and O–H groups in total. The first-order chi connectivity index (χ1) is 4.35. The van der Waals surface area contributed by atoms with Crippen molar-refractivity contribution in [3.05, 3.63) is 11.6 Å². The van der Waals surface area contributed by atoms with Crippen molar-refractivity contribution in [2.24, 2.45) is 0 Å². The Labute approximate surface area is 55.8 Å². The minimum absolute atomic E-state index is 0.567. The summed E-state index contributed by atoms with van der Waals surface area (Å²) in [5.74, 6) is 5.51. The number of carbonyl (C=O) groups excluding carboxylic acids is 1. The van der Waals surface area contributed by atoms with E-state index in [0.717, 1.165) is 12.7 Å². The predicted molar refractivity (Wildman–Crippen MR) is 37.9 cm³/mol. The molecule has 0 spiro atoms. The summed E-state index contributed by atoms with van der Waals surface area (Å²) in [6.45, 7) is 3.75. The molecule has 0 aliphatic rings. The molecule has 0 heterocycles. The van der Waals surface area contributed by atoms with Gasteiger partial charge in [-0.05, 0) is 6.92 Å². The number of rotatable bonds is 1. The van der Waals surface area contributed by atoms with Crippen LogP contribution in [0.4, 0.5) is 0 Å². The monoisotopic (exact) mass is 122 g/mol. The molecule has 0 radical (unpaired) electrons. The van der Waals surface area contributed by atoms with Gasteiger partial charge in [0.25, 0.3) is 0 Å². The molecule has 0 amide bonds. The molecule has 0 aliphatic carbocycles. The first-order valence-electron chi connectivity index (χ1n) is 2.95. The zero-order chi connectivity index (χ0) is 7.11. The molecule has 0 atom stereocenters. The molecule has 0 rings (SSSR count). The van der Waals surface area contributed by atoms with Crippen molar-refractivity contribution < 1.29 is 4.79 Å². The first kappa shape index (κ1) is 7.97. The van der Waals surface area contributed by atoms with Crippen LogP contribution in [0.25, 0.3) is 0 Å². The molecule has 48 valence electrons. The van der Waals surface area contributed by atoms with Gasteiger partial charge in [0.1, 0.15) is 0 Å². The van der Waals surface area contributed by atoms with Gasteiger partial charge in [-0.15, -0.1) is 0 Å². The fourth-order valence-electron chi connectivity index (χ4n) is 0.360. The van der Waals surface area contributed by atoms with Crippen LogP contribution in [0.15, 0.2) is 11.6 Å². The summed E-state index contributed by atoms with van der Waals surface area (Å²) in [5.41, 5.74) is 0.567. The Kier molecular flexibility index (Phi) is 4.53. The number of hydrogen-bond acceptors (Lipinski definition) is 1. The molecule has 0 aromatic carbocycles. The summed E-state index contributed by atoms with van der Waals surface area (Å²) >= 11 is 0. The molecule has 9 heavy (non-hydrogen) atoms. The van der Waals surface area contributed by atoms with Crippen LogP contribution in [0.3, 0.4) is 0 Å². The van der Waals surface area contributed by atoms with Crippen LogP contribution >= 0.6 is 0 Å². The third-order valence-corrected chi connectivity index (χ3v) is 0.847. The van der Waals surface area contributed by atoms with Gasteiger partial charge in [-0.25, -0.2) is 0 Å². The number of hydrogen-bond donors (Lipinski definition) is 0. The van der Waals surface area contributed by atoms with Crippen LogP contribution in [0.5, 0.6) is 0 Å². The minimum atomic E-state index is 0.567. The van der Waals surface area contributed by atoms with E-state index in [1.165, 1.54) is 0 Å². The van der Waals surface area contributed by atoms with Crippen LogP contribution < -0.4 is 0 Å². The van der Waals surface area contributed by atoms with Crippen molar-refractivity contribution in [2.75, 3.05) is 0 Å². The van der Waals surface area contributed by atoms with Gasteiger partial charge in [-0.1, -0.05) is 24.8 Å². The molecule has 0 bridgehead atoms. The standard InChI is InChI=1S/C8H10O/c1-3-5-6-8(4-2)7-9/h4,7H,3H2,1-2H3/b8-4+. The van der Waals surface area contributed by atoms with E-state index >= 15 is 0 Å². The predicted octanol–water partition coefficient (Wildman–Crippen LogP) is 1.54. The maximum Gasteiger partial charge on any atom is 0.158 e. The second kappa shape index (κ2) is 5.11. The molecule has 1 heteroatoms. The summed E-state index contributed by atoms with van der Waals surface area (Å²) in [4.78, 5) is 10.1. The maximum atomic E-state index is 10.1. The molecule has 0 aromatic heterocycles. The largest absolute Gasteiger partial charge is 0.297 e. The second-order valence-corrected chi connectivity index (χ2v) is 1.52. The van der Waals surface area contributed by atoms with Crippen molar-refractivity contribution in [3.63, 3.8) is 0 Å². The Bertz CT molecular complexity index is 167. The quantitative estimate of drug-likeness (QED) is 0.293. The van der Waals surface area contributed by atoms with Crippen molar-refractivity contribution in [1.29, 1.82) is 0 Å². The molecule has 0 unspecified atom stereocenters. The van der Waals surface area contributed by atoms with Gasteiger partial charge in [0.2, 0.25) is 0 Å². The lowest BCUT2D eigenvalue weighted by Gasteiger charge is -1.77. The van der Waals surface area contributed by atoms with Gasteiger partial charge in [0, 0.05) is 6.42 Å². The fourth-order valence-corrected chi connectivity index (χ4v) is 0.360. The van der Waals surface area contributed by atoms with Gasteiger partial charge in [0.15, 0.2) is 6.29 Å². The summed E-state index contributed by atoms with van der Waals surface area (Å²) in [5, 5.41) is 0. The van der Waals surface area contributed by atoms with Crippen molar-refractivity contribution >= 4 is 6.29 Å². The lowest BCUT2D eigenvalue weighted by molar-refractivity contribution is -0.104. The van der Waals surface area contributed by atoms with Gasteiger partial charge in [-0.3, -0.25) is 4.79 Å². The highest BCUT2D eigenvalue weighted by Gasteiger charge is 1.80. The molecular formula is C8H10O. The van der Waals surface area contributed by atoms with Crippen LogP contribution in [0.1, 0.15) is 20.3 Å². The highest BCUT2D eigenvalue weighted by molar-refractivity contribution is 5.79. The normalized spacial score (nSPS) is 9.78. The molecule has 1 nitrogen and oxygen atoms in total. The van der Waals surface area contributed by atoms with Crippen LogP contribution in [0.2, 0.25) is 0 Å². The van der Waals surface area contributed by atoms with Crippen molar-refractivity contribution in [2.45, 2.75) is 20.3 Å². The van der Waals surface area contributed by atoms with Crippen LogP contribution in [-0.4, -0.2) is 6.29 Å². The van der Waals surface area contributed by atoms with E-state index in [4.69, 9.17) is 0 Å². The van der Waals surface area contributed by atoms with E-state index in [0.29, 0.717) is 5.57 Å². The van der Waals surface area contributed by atoms with E-state index in [-0.39, 0.29) is 0 Å². The number of carbonyl (C=O) groups is 1. The smallest absolute Gasteiger partial charge is 0.158 e. The van der Waals surface area contributed by atoms with E-state index in [2.05, 4.69) is 11.8 Å². The van der Waals surface area contributed by atoms with Gasteiger partial charge >= 0.3 is 0 Å². The molecule has 0 fully saturated rings. The Balaban J connectivity index is 4.00. The number of aldehydes is 1. The summed E-state index contributed by atoms with van der Waals surface area (Å²) in [6.07, 6.45) is 3.27. The fraction of sp³-hybridized carbons (Fsp3) is 0.375. The van der Waals surface area contributed by atoms with Gasteiger partial charge < -0.3 is 0 Å². The average molecular weight is 122 g/mol. The van der Waals surface area contributed by atoms with Crippen LogP contribution in [-0.2, 0) is 4.79 Å². The van der Waals surface area contributed by atoms with Gasteiger partial charge in [-0.2, -0.15) is 0 Å². The van der Waals surface area contributed by atoms with E-state index in [1.807, 2.05) is 6.92 Å². The van der Waals surface area contributed by atoms with Crippen molar-refractivity contribution in [1.82, 2.24) is 0 Å². The Morgan fingerprint density at radius 2 is 2.33 bits per heavy atom. The molecule has 0 aromatic rings. The van der Waals surface area contributed by atoms with Crippen molar-refractivity contribution in [3.8, 4) is 11.8 Å². The highest BCUT2D eigenvalue weighted by atomic mass is 16.1. The van der Waals surface area contributed by atoms with E-state index in [1.54, 1.807) is 13.0 Å². The molecule has 0 saturated carbocycles. The second-order valence-electron chi connectivity index (χ2n) is 1.52. The summed E-state index contributed by atoms with van der Waals surface area (Å²) in [6, 6.07) is 0. The van der Waals surface area contributed by atoms with Gasteiger partial charge in [0.05, 0.1) is 5.57 Å². The van der Waals surface area contributed by atoms with E-state index in [9.17, 15) is 4.79 Å². The average Bonchev–Trinajstić information content (AvgIpc) is 1.91. The third-order valence-electron chi connectivity index (χ3n) is 0.847. The first-order valence-corrected chi connectivity index (χ1v) is 2.95. The Morgan fingerprint density at radius 1 is 1.67 bits per heavy atom. The number of allylic oxidation sites excluding steroid dienone is 2. The SMILES string of the molecule is C/C=C(\C#CCC)C=O. The summed E-state index contributed by atoms with van der Waals surface area (Å²) < 4.78 is 0. The highest BCUT2D eigenvalue weighted by Crippen LogP contribution is 1.84. The Morgan fingerprint density at radius 3 is 2.67 bits per heavy atom. The third kappa shape index (κ3) is 3.54. The topological polar surface area (TPSA) is 17.1 Å². The molecule has 0 aliphatic heterocycles. The lowest BCUT2D eigenvalue weighted by Crippen LogP contribution is -1.76. The lowest BCUT2D eigenvalue weighted by atomic mass is 10.3. The minimum Gasteiger partial charge on any atom is -0.297 e. The maximum absolute atomic E-state index is 10.1. The molecular weight excluding hydrogens is 112 g/mol. The molecule has 0 saturated heterocycles. The zero-order valence-electron chi connectivity index (χ0n) is 5.77. The Hall–Kier alpha value is -1.03.